The second-order valence-corrected chi connectivity index (χ2v) is 8.90. The molecule has 0 radical (unpaired) electrons. The molecule has 9 heteroatoms. The van der Waals surface area contributed by atoms with Gasteiger partial charge in [-0.3, -0.25) is 14.9 Å². The van der Waals surface area contributed by atoms with E-state index in [4.69, 9.17) is 0 Å². The number of carbonyl (C=O) groups excluding carboxylic acids is 1. The molecule has 1 aromatic carbocycles. The van der Waals surface area contributed by atoms with Gasteiger partial charge in [0.25, 0.3) is 5.91 Å². The van der Waals surface area contributed by atoms with E-state index in [2.05, 4.69) is 20.5 Å². The fourth-order valence-electron chi connectivity index (χ4n) is 2.72. The van der Waals surface area contributed by atoms with Gasteiger partial charge in [-0.25, -0.2) is 8.42 Å². The second kappa shape index (κ2) is 8.14. The van der Waals surface area contributed by atoms with Gasteiger partial charge in [-0.2, -0.15) is 9.40 Å². The van der Waals surface area contributed by atoms with Crippen LogP contribution in [0.15, 0.2) is 53.7 Å². The number of nitrogens with zero attached hydrogens (tertiary/aromatic N) is 3. The average molecular weight is 414 g/mol. The van der Waals surface area contributed by atoms with E-state index in [0.29, 0.717) is 11.4 Å². The summed E-state index contributed by atoms with van der Waals surface area (Å²) < 4.78 is 26.4. The first-order chi connectivity index (χ1) is 13.7. The van der Waals surface area contributed by atoms with Gasteiger partial charge in [0.05, 0.1) is 10.6 Å². The molecular formula is C20H23N5O3S. The molecule has 1 amide bonds. The monoisotopic (exact) mass is 413 g/mol. The number of carbonyl (C=O) groups is 1. The summed E-state index contributed by atoms with van der Waals surface area (Å²) in [7, 11) is -2.07. The van der Waals surface area contributed by atoms with Crippen LogP contribution in [0.1, 0.15) is 29.8 Å². The van der Waals surface area contributed by atoms with Crippen LogP contribution in [0.3, 0.4) is 0 Å². The maximum atomic E-state index is 12.6. The molecule has 0 aliphatic heterocycles. The van der Waals surface area contributed by atoms with Gasteiger partial charge >= 0.3 is 0 Å². The molecule has 3 aromatic rings. The van der Waals surface area contributed by atoms with E-state index in [1.54, 1.807) is 26.2 Å². The number of benzene rings is 1. The normalized spacial score (nSPS) is 11.8. The third kappa shape index (κ3) is 4.20. The maximum absolute atomic E-state index is 12.6. The van der Waals surface area contributed by atoms with E-state index < -0.39 is 10.0 Å². The molecule has 0 fully saturated rings. The smallest absolute Gasteiger partial charge is 0.256 e. The van der Waals surface area contributed by atoms with Crippen molar-refractivity contribution in [2.24, 2.45) is 0 Å². The molecular weight excluding hydrogens is 390 g/mol. The van der Waals surface area contributed by atoms with Crippen molar-refractivity contribution in [1.29, 1.82) is 0 Å². The molecule has 0 unspecified atom stereocenters. The Kier molecular flexibility index (Phi) is 5.81. The predicted molar refractivity (Wildman–Crippen MR) is 111 cm³/mol. The SMILES string of the molecule is Cc1c(NC(=O)c2ccc(S(=O)(=O)N(C)C(C)C)cc2)n[nH]c1-c1ccncc1. The topological polar surface area (TPSA) is 108 Å². The Balaban J connectivity index is 1.78. The van der Waals surface area contributed by atoms with Crippen LogP contribution in [0.25, 0.3) is 11.3 Å². The molecule has 0 saturated carbocycles. The van der Waals surface area contributed by atoms with Crippen molar-refractivity contribution in [3.05, 3.63) is 59.9 Å². The molecule has 2 N–H and O–H groups in total. The Labute approximate surface area is 170 Å². The highest BCUT2D eigenvalue weighted by atomic mass is 32.2. The van der Waals surface area contributed by atoms with Crippen molar-refractivity contribution in [3.8, 4) is 11.3 Å². The maximum Gasteiger partial charge on any atom is 0.256 e. The molecule has 29 heavy (non-hydrogen) atoms. The highest BCUT2D eigenvalue weighted by molar-refractivity contribution is 7.89. The molecule has 0 spiro atoms. The number of hydrogen-bond donors (Lipinski definition) is 2. The number of hydrogen-bond acceptors (Lipinski definition) is 5. The zero-order valence-corrected chi connectivity index (χ0v) is 17.5. The number of anilines is 1. The van der Waals surface area contributed by atoms with E-state index in [0.717, 1.165) is 16.8 Å². The zero-order chi connectivity index (χ0) is 21.2. The second-order valence-electron chi connectivity index (χ2n) is 6.90. The van der Waals surface area contributed by atoms with E-state index >= 15 is 0 Å². The standard InChI is InChI=1S/C20H23N5O3S/c1-13(2)25(4)29(27,28)17-7-5-16(6-8-17)20(26)22-19-14(3)18(23-24-19)15-9-11-21-12-10-15/h5-13H,1-4H3,(H2,22,23,24,26). The number of rotatable bonds is 6. The molecule has 8 nitrogen and oxygen atoms in total. The van der Waals surface area contributed by atoms with Crippen molar-refractivity contribution in [3.63, 3.8) is 0 Å². The summed E-state index contributed by atoms with van der Waals surface area (Å²) >= 11 is 0. The summed E-state index contributed by atoms with van der Waals surface area (Å²) in [6.07, 6.45) is 3.36. The molecule has 0 aliphatic carbocycles. The van der Waals surface area contributed by atoms with Crippen molar-refractivity contribution < 1.29 is 13.2 Å². The van der Waals surface area contributed by atoms with Gasteiger partial charge in [0.15, 0.2) is 5.82 Å². The van der Waals surface area contributed by atoms with Gasteiger partial charge in [-0.05, 0) is 57.2 Å². The number of amides is 1. The largest absolute Gasteiger partial charge is 0.305 e. The van der Waals surface area contributed by atoms with Crippen LogP contribution in [0.2, 0.25) is 0 Å². The molecule has 2 heterocycles. The lowest BCUT2D eigenvalue weighted by Gasteiger charge is -2.21. The Bertz CT molecular complexity index is 1110. The highest BCUT2D eigenvalue weighted by Crippen LogP contribution is 2.25. The van der Waals surface area contributed by atoms with Crippen molar-refractivity contribution in [2.75, 3.05) is 12.4 Å². The van der Waals surface area contributed by atoms with Gasteiger partial charge in [0.1, 0.15) is 0 Å². The number of H-pyrrole nitrogens is 1. The van der Waals surface area contributed by atoms with Crippen LogP contribution in [0.5, 0.6) is 0 Å². The van der Waals surface area contributed by atoms with Crippen LogP contribution in [0, 0.1) is 6.92 Å². The summed E-state index contributed by atoms with van der Waals surface area (Å²) in [6.45, 7) is 5.45. The third-order valence-electron chi connectivity index (χ3n) is 4.73. The van der Waals surface area contributed by atoms with E-state index in [9.17, 15) is 13.2 Å². The Morgan fingerprint density at radius 1 is 1.10 bits per heavy atom. The van der Waals surface area contributed by atoms with Gasteiger partial charge in [0, 0.05) is 42.2 Å². The van der Waals surface area contributed by atoms with Gasteiger partial charge in [-0.15, -0.1) is 0 Å². The number of aromatic nitrogens is 3. The fourth-order valence-corrected chi connectivity index (χ4v) is 4.09. The predicted octanol–water partition coefficient (Wildman–Crippen LogP) is 3.06. The quantitative estimate of drug-likeness (QED) is 0.646. The van der Waals surface area contributed by atoms with Crippen molar-refractivity contribution in [2.45, 2.75) is 31.7 Å². The van der Waals surface area contributed by atoms with Crippen LogP contribution in [0.4, 0.5) is 5.82 Å². The van der Waals surface area contributed by atoms with E-state index in [1.165, 1.54) is 35.6 Å². The Morgan fingerprint density at radius 2 is 1.72 bits per heavy atom. The summed E-state index contributed by atoms with van der Waals surface area (Å²) in [6, 6.07) is 9.37. The summed E-state index contributed by atoms with van der Waals surface area (Å²) in [5, 5.41) is 9.86. The Hall–Kier alpha value is -3.04. The number of sulfonamides is 1. The molecule has 2 aromatic heterocycles. The first-order valence-corrected chi connectivity index (χ1v) is 10.5. The number of pyridine rings is 1. The average Bonchev–Trinajstić information content (AvgIpc) is 3.08. The highest BCUT2D eigenvalue weighted by Gasteiger charge is 2.23. The first-order valence-electron chi connectivity index (χ1n) is 9.06. The summed E-state index contributed by atoms with van der Waals surface area (Å²) in [5.74, 6) is 0.0418. The van der Waals surface area contributed by atoms with Gasteiger partial charge in [0.2, 0.25) is 10.0 Å². The molecule has 0 saturated heterocycles. The van der Waals surface area contributed by atoms with Crippen LogP contribution in [-0.2, 0) is 10.0 Å². The first kappa shape index (κ1) is 20.7. The van der Waals surface area contributed by atoms with E-state index in [-0.39, 0.29) is 16.8 Å². The van der Waals surface area contributed by atoms with Crippen molar-refractivity contribution in [1.82, 2.24) is 19.5 Å². The van der Waals surface area contributed by atoms with E-state index in [1.807, 2.05) is 19.1 Å². The molecule has 0 aliphatic rings. The minimum atomic E-state index is -3.59. The number of nitrogens with one attached hydrogen (secondary N) is 2. The van der Waals surface area contributed by atoms with Crippen LogP contribution >= 0.6 is 0 Å². The van der Waals surface area contributed by atoms with Gasteiger partial charge < -0.3 is 5.32 Å². The summed E-state index contributed by atoms with van der Waals surface area (Å²) in [4.78, 5) is 16.7. The van der Waals surface area contributed by atoms with Gasteiger partial charge in [-0.1, -0.05) is 0 Å². The zero-order valence-electron chi connectivity index (χ0n) is 16.7. The minimum absolute atomic E-state index is 0.140. The van der Waals surface area contributed by atoms with Crippen LogP contribution in [-0.4, -0.2) is 46.9 Å². The molecule has 0 bridgehead atoms. The lowest BCUT2D eigenvalue weighted by Crippen LogP contribution is -2.33. The lowest BCUT2D eigenvalue weighted by molar-refractivity contribution is 0.102. The molecule has 0 atom stereocenters. The van der Waals surface area contributed by atoms with Crippen molar-refractivity contribution >= 4 is 21.7 Å². The fraction of sp³-hybridized carbons (Fsp3) is 0.250. The number of aromatic amines is 1. The lowest BCUT2D eigenvalue weighted by atomic mass is 10.1. The third-order valence-corrected chi connectivity index (χ3v) is 6.78. The Morgan fingerprint density at radius 3 is 2.31 bits per heavy atom. The molecule has 3 rings (SSSR count). The summed E-state index contributed by atoms with van der Waals surface area (Å²) in [5.41, 5.74) is 2.83. The minimum Gasteiger partial charge on any atom is -0.305 e. The van der Waals surface area contributed by atoms with Crippen LogP contribution < -0.4 is 5.32 Å². The molecule has 152 valence electrons.